The molecule has 3 heterocycles. The van der Waals surface area contributed by atoms with Crippen molar-refractivity contribution >= 4 is 27.3 Å². The summed E-state index contributed by atoms with van der Waals surface area (Å²) in [6.07, 6.45) is 4.23. The van der Waals surface area contributed by atoms with E-state index in [1.54, 1.807) is 11.3 Å². The zero-order chi connectivity index (χ0) is 15.1. The third-order valence-electron chi connectivity index (χ3n) is 4.26. The molecule has 2 aromatic rings. The van der Waals surface area contributed by atoms with Gasteiger partial charge in [-0.05, 0) is 41.1 Å². The van der Waals surface area contributed by atoms with Crippen molar-refractivity contribution in [3.63, 3.8) is 0 Å². The highest BCUT2D eigenvalue weighted by Crippen LogP contribution is 2.31. The van der Waals surface area contributed by atoms with Gasteiger partial charge in [-0.2, -0.15) is 0 Å². The largest absolute Gasteiger partial charge is 0.310 e. The summed E-state index contributed by atoms with van der Waals surface area (Å²) >= 11 is 5.05. The highest BCUT2D eigenvalue weighted by molar-refractivity contribution is 9.10. The number of H-pyrrole nitrogens is 1. The van der Waals surface area contributed by atoms with Gasteiger partial charge in [-0.3, -0.25) is 9.69 Å². The molecular formula is C15H17BrN4OS. The van der Waals surface area contributed by atoms with Crippen molar-refractivity contribution in [2.75, 3.05) is 6.54 Å². The Kier molecular flexibility index (Phi) is 3.88. The topological polar surface area (TPSA) is 61.9 Å². The zero-order valence-electron chi connectivity index (χ0n) is 12.1. The van der Waals surface area contributed by atoms with E-state index in [1.165, 1.54) is 12.8 Å². The van der Waals surface area contributed by atoms with Crippen LogP contribution >= 0.6 is 27.3 Å². The summed E-state index contributed by atoms with van der Waals surface area (Å²) in [4.78, 5) is 26.7. The van der Waals surface area contributed by atoms with Crippen molar-refractivity contribution in [1.82, 2.24) is 19.9 Å². The molecule has 0 atom stereocenters. The van der Waals surface area contributed by atoms with Gasteiger partial charge < -0.3 is 4.98 Å². The van der Waals surface area contributed by atoms with Crippen LogP contribution in [-0.4, -0.2) is 26.4 Å². The molecule has 22 heavy (non-hydrogen) atoms. The number of fused-ring (bicyclic) bond motifs is 1. The zero-order valence-corrected chi connectivity index (χ0v) is 14.5. The van der Waals surface area contributed by atoms with Crippen molar-refractivity contribution in [2.24, 2.45) is 5.92 Å². The molecule has 0 spiro atoms. The lowest BCUT2D eigenvalue weighted by atomic mass is 10.1. The Morgan fingerprint density at radius 2 is 2.27 bits per heavy atom. The maximum Gasteiger partial charge on any atom is 0.254 e. The SMILES string of the molecule is O=c1[nH]c(CC2CC2)nc2c1CCN(Cc1nc(Br)cs1)C2. The minimum Gasteiger partial charge on any atom is -0.310 e. The van der Waals surface area contributed by atoms with E-state index >= 15 is 0 Å². The number of aromatic nitrogens is 3. The molecule has 7 heteroatoms. The van der Waals surface area contributed by atoms with E-state index in [9.17, 15) is 4.79 Å². The highest BCUT2D eigenvalue weighted by atomic mass is 79.9. The summed E-state index contributed by atoms with van der Waals surface area (Å²) in [5.74, 6) is 1.60. The summed E-state index contributed by atoms with van der Waals surface area (Å²) < 4.78 is 0.895. The summed E-state index contributed by atoms with van der Waals surface area (Å²) in [6, 6.07) is 0. The molecule has 1 fully saturated rings. The monoisotopic (exact) mass is 380 g/mol. The van der Waals surface area contributed by atoms with Gasteiger partial charge in [0.05, 0.1) is 12.2 Å². The molecule has 5 nitrogen and oxygen atoms in total. The lowest BCUT2D eigenvalue weighted by Crippen LogP contribution is -2.35. The maximum absolute atomic E-state index is 12.2. The third kappa shape index (κ3) is 3.16. The van der Waals surface area contributed by atoms with Crippen molar-refractivity contribution < 1.29 is 0 Å². The fraction of sp³-hybridized carbons (Fsp3) is 0.533. The normalized spacial score (nSPS) is 18.4. The van der Waals surface area contributed by atoms with Crippen LogP contribution < -0.4 is 5.56 Å². The van der Waals surface area contributed by atoms with Crippen LogP contribution in [0.5, 0.6) is 0 Å². The first-order valence-electron chi connectivity index (χ1n) is 7.60. The number of thiazole rings is 1. The van der Waals surface area contributed by atoms with Gasteiger partial charge in [0.1, 0.15) is 15.4 Å². The second-order valence-electron chi connectivity index (χ2n) is 6.11. The molecule has 2 aromatic heterocycles. The van der Waals surface area contributed by atoms with Crippen LogP contribution in [0.3, 0.4) is 0 Å². The number of hydrogen-bond acceptors (Lipinski definition) is 5. The van der Waals surface area contributed by atoms with Crippen LogP contribution in [0.25, 0.3) is 0 Å². The Hall–Kier alpha value is -1.05. The third-order valence-corrected chi connectivity index (χ3v) is 5.81. The maximum atomic E-state index is 12.2. The van der Waals surface area contributed by atoms with E-state index in [4.69, 9.17) is 4.98 Å². The number of aromatic amines is 1. The van der Waals surface area contributed by atoms with Gasteiger partial charge in [-0.15, -0.1) is 11.3 Å². The Morgan fingerprint density at radius 1 is 1.41 bits per heavy atom. The molecule has 0 saturated heterocycles. The summed E-state index contributed by atoms with van der Waals surface area (Å²) in [6.45, 7) is 2.45. The molecule has 116 valence electrons. The predicted molar refractivity (Wildman–Crippen MR) is 88.9 cm³/mol. The molecule has 0 radical (unpaired) electrons. The molecule has 0 bridgehead atoms. The van der Waals surface area contributed by atoms with Crippen molar-refractivity contribution in [1.29, 1.82) is 0 Å². The average Bonchev–Trinajstić information content (AvgIpc) is 3.20. The van der Waals surface area contributed by atoms with Crippen LogP contribution in [0, 0.1) is 5.92 Å². The minimum absolute atomic E-state index is 0.0669. The second-order valence-corrected chi connectivity index (χ2v) is 7.87. The van der Waals surface area contributed by atoms with Gasteiger partial charge in [0, 0.05) is 30.5 Å². The molecule has 0 unspecified atom stereocenters. The number of halogens is 1. The average molecular weight is 381 g/mol. The summed E-state index contributed by atoms with van der Waals surface area (Å²) in [5.41, 5.74) is 1.90. The number of nitrogens with zero attached hydrogens (tertiary/aromatic N) is 3. The first-order chi connectivity index (χ1) is 10.7. The van der Waals surface area contributed by atoms with Gasteiger partial charge in [0.15, 0.2) is 0 Å². The Bertz CT molecular complexity index is 752. The molecule has 1 aliphatic carbocycles. The van der Waals surface area contributed by atoms with E-state index < -0.39 is 0 Å². The Morgan fingerprint density at radius 3 is 3.00 bits per heavy atom. The van der Waals surface area contributed by atoms with Crippen molar-refractivity contribution in [3.8, 4) is 0 Å². The molecular weight excluding hydrogens is 364 g/mol. The quantitative estimate of drug-likeness (QED) is 0.884. The number of nitrogens with one attached hydrogen (secondary N) is 1. The number of hydrogen-bond donors (Lipinski definition) is 1. The fourth-order valence-corrected chi connectivity index (χ4v) is 4.23. The summed E-state index contributed by atoms with van der Waals surface area (Å²) in [7, 11) is 0. The molecule has 0 amide bonds. The lowest BCUT2D eigenvalue weighted by Gasteiger charge is -2.26. The van der Waals surface area contributed by atoms with Crippen LogP contribution in [0.15, 0.2) is 14.8 Å². The molecule has 1 aliphatic heterocycles. The lowest BCUT2D eigenvalue weighted by molar-refractivity contribution is 0.239. The van der Waals surface area contributed by atoms with Gasteiger partial charge in [-0.1, -0.05) is 0 Å². The standard InChI is InChI=1S/C15H17BrN4OS/c16-12-8-22-14(18-12)7-20-4-3-10-11(6-20)17-13(19-15(10)21)5-9-1-2-9/h8-9H,1-7H2,(H,17,19,21). The molecule has 1 saturated carbocycles. The van der Waals surface area contributed by atoms with E-state index in [0.29, 0.717) is 0 Å². The van der Waals surface area contributed by atoms with E-state index in [1.807, 2.05) is 5.38 Å². The molecule has 4 rings (SSSR count). The van der Waals surface area contributed by atoms with Gasteiger partial charge in [0.25, 0.3) is 5.56 Å². The number of rotatable bonds is 4. The van der Waals surface area contributed by atoms with E-state index in [0.717, 1.165) is 65.1 Å². The van der Waals surface area contributed by atoms with Crippen LogP contribution in [-0.2, 0) is 25.9 Å². The Balaban J connectivity index is 1.53. The first-order valence-corrected chi connectivity index (χ1v) is 9.28. The molecule has 1 N–H and O–H groups in total. The predicted octanol–water partition coefficient (Wildman–Crippen LogP) is 2.50. The van der Waals surface area contributed by atoms with Crippen LogP contribution in [0.1, 0.15) is 34.9 Å². The van der Waals surface area contributed by atoms with Crippen molar-refractivity contribution in [2.45, 2.75) is 38.8 Å². The van der Waals surface area contributed by atoms with Gasteiger partial charge in [-0.25, -0.2) is 9.97 Å². The first kappa shape index (κ1) is 14.5. The second kappa shape index (κ2) is 5.86. The van der Waals surface area contributed by atoms with Gasteiger partial charge in [0.2, 0.25) is 0 Å². The smallest absolute Gasteiger partial charge is 0.254 e. The fourth-order valence-electron chi connectivity index (χ4n) is 2.92. The van der Waals surface area contributed by atoms with Crippen molar-refractivity contribution in [3.05, 3.63) is 42.4 Å². The van der Waals surface area contributed by atoms with Crippen LogP contribution in [0.2, 0.25) is 0 Å². The van der Waals surface area contributed by atoms with Gasteiger partial charge >= 0.3 is 0 Å². The highest BCUT2D eigenvalue weighted by Gasteiger charge is 2.25. The molecule has 2 aliphatic rings. The van der Waals surface area contributed by atoms with Crippen LogP contribution in [0.4, 0.5) is 0 Å². The minimum atomic E-state index is 0.0669. The summed E-state index contributed by atoms with van der Waals surface area (Å²) in [5, 5.41) is 3.10. The molecule has 0 aromatic carbocycles. The Labute approximate surface area is 140 Å². The van der Waals surface area contributed by atoms with E-state index in [-0.39, 0.29) is 5.56 Å². The van der Waals surface area contributed by atoms with E-state index in [2.05, 4.69) is 30.8 Å².